The van der Waals surface area contributed by atoms with Gasteiger partial charge in [-0.15, -0.1) is 0 Å². The summed E-state index contributed by atoms with van der Waals surface area (Å²) in [6.45, 7) is 5.35. The van der Waals surface area contributed by atoms with Crippen LogP contribution in [0.2, 0.25) is 0 Å². The zero-order chi connectivity index (χ0) is 20.5. The van der Waals surface area contributed by atoms with E-state index in [0.29, 0.717) is 0 Å². The van der Waals surface area contributed by atoms with Gasteiger partial charge in [0.15, 0.2) is 0 Å². The minimum atomic E-state index is -0.478. The van der Waals surface area contributed by atoms with E-state index in [2.05, 4.69) is 44.2 Å². The van der Waals surface area contributed by atoms with Gasteiger partial charge in [0.25, 0.3) is 0 Å². The normalized spacial score (nSPS) is 39.3. The van der Waals surface area contributed by atoms with Crippen molar-refractivity contribution in [1.29, 1.82) is 0 Å². The number of allylic oxidation sites excluding steroid dienone is 7. The molecule has 0 N–H and O–H groups in total. The second-order valence-corrected chi connectivity index (χ2v) is 10.1. The van der Waals surface area contributed by atoms with Crippen molar-refractivity contribution in [2.24, 2.45) is 10.8 Å². The molecular weight excluding hydrogens is 372 g/mol. The molecule has 3 atom stereocenters. The van der Waals surface area contributed by atoms with Gasteiger partial charge < -0.3 is 14.2 Å². The van der Waals surface area contributed by atoms with Gasteiger partial charge in [0, 0.05) is 11.8 Å². The van der Waals surface area contributed by atoms with Crippen LogP contribution in [0.4, 0.5) is 0 Å². The number of hydrogen-bond acceptors (Lipinski definition) is 3. The fraction of sp³-hybridized carbons (Fsp3) is 0.704. The Kier molecular flexibility index (Phi) is 4.34. The van der Waals surface area contributed by atoms with Crippen molar-refractivity contribution in [3.05, 3.63) is 47.1 Å². The summed E-state index contributed by atoms with van der Waals surface area (Å²) in [5.74, 6) is -0.836. The van der Waals surface area contributed by atoms with E-state index in [-0.39, 0.29) is 22.7 Å². The van der Waals surface area contributed by atoms with Crippen LogP contribution < -0.4 is 0 Å². The minimum absolute atomic E-state index is 0.134. The average molecular weight is 409 g/mol. The molecule has 6 aliphatic rings. The van der Waals surface area contributed by atoms with Crippen LogP contribution >= 0.6 is 0 Å². The van der Waals surface area contributed by atoms with Gasteiger partial charge in [-0.05, 0) is 44.9 Å². The lowest BCUT2D eigenvalue weighted by Crippen LogP contribution is -2.55. The van der Waals surface area contributed by atoms with E-state index >= 15 is 0 Å². The van der Waals surface area contributed by atoms with Crippen LogP contribution in [0.15, 0.2) is 47.1 Å². The fourth-order valence-corrected chi connectivity index (χ4v) is 6.86. The Hall–Kier alpha value is -1.16. The quantitative estimate of drug-likeness (QED) is 0.210. The zero-order valence-corrected chi connectivity index (χ0v) is 18.7. The summed E-state index contributed by atoms with van der Waals surface area (Å²) in [6, 6.07) is 0. The summed E-state index contributed by atoms with van der Waals surface area (Å²) in [4.78, 5) is 0. The van der Waals surface area contributed by atoms with Gasteiger partial charge in [0.05, 0.1) is 18.1 Å². The Balaban J connectivity index is 1.54. The Morgan fingerprint density at radius 3 is 2.33 bits per heavy atom. The van der Waals surface area contributed by atoms with E-state index in [4.69, 9.17) is 14.2 Å². The minimum Gasteiger partial charge on any atom is -0.372 e. The lowest BCUT2D eigenvalue weighted by atomic mass is 9.49. The standard InChI is InChI=1S/C27H36O3/c1-3-5-6-9-18-24(21-13-10-14-21,20-11-7-8-12-20)26(22-15-16-22,23-19-28-23)27-25(29-27,30-27)17-4-2/h9,11,13,15,18,23H,3-8,10,12,14,16-17,19H2,1-2H3. The molecule has 3 heteroatoms. The van der Waals surface area contributed by atoms with Gasteiger partial charge in [0.2, 0.25) is 11.6 Å². The molecule has 6 rings (SSSR count). The molecule has 0 aromatic rings. The fourth-order valence-electron chi connectivity index (χ4n) is 6.86. The van der Waals surface area contributed by atoms with Crippen molar-refractivity contribution >= 4 is 0 Å². The molecule has 3 fully saturated rings. The molecule has 0 aromatic heterocycles. The second-order valence-electron chi connectivity index (χ2n) is 10.1. The van der Waals surface area contributed by atoms with Crippen molar-refractivity contribution < 1.29 is 14.2 Å². The maximum atomic E-state index is 6.57. The van der Waals surface area contributed by atoms with Gasteiger partial charge in [-0.3, -0.25) is 0 Å². The number of fused-ring (bicyclic) bond motifs is 1. The third kappa shape index (κ3) is 2.32. The maximum absolute atomic E-state index is 6.57. The van der Waals surface area contributed by atoms with Crippen LogP contribution in [0.1, 0.15) is 84.5 Å². The third-order valence-corrected chi connectivity index (χ3v) is 8.44. The number of ether oxygens (including phenoxy) is 3. The molecular formula is C27H36O3. The predicted octanol–water partition coefficient (Wildman–Crippen LogP) is 6.52. The first-order valence-electron chi connectivity index (χ1n) is 12.5. The average Bonchev–Trinajstić information content (AvgIpc) is 3.52. The number of unbranched alkanes of at least 4 members (excludes halogenated alkanes) is 2. The van der Waals surface area contributed by atoms with Gasteiger partial charge in [-0.25, -0.2) is 0 Å². The Morgan fingerprint density at radius 1 is 1.03 bits per heavy atom. The van der Waals surface area contributed by atoms with Gasteiger partial charge in [-0.1, -0.05) is 80.2 Å². The monoisotopic (exact) mass is 408 g/mol. The van der Waals surface area contributed by atoms with E-state index in [1.54, 1.807) is 11.1 Å². The first-order chi connectivity index (χ1) is 14.7. The first kappa shape index (κ1) is 19.5. The predicted molar refractivity (Wildman–Crippen MR) is 118 cm³/mol. The molecule has 0 aromatic carbocycles. The zero-order valence-electron chi connectivity index (χ0n) is 18.7. The molecule has 162 valence electrons. The molecule has 3 heterocycles. The van der Waals surface area contributed by atoms with E-state index in [1.807, 2.05) is 0 Å². The number of epoxide rings is 3. The van der Waals surface area contributed by atoms with E-state index in [9.17, 15) is 0 Å². The summed E-state index contributed by atoms with van der Waals surface area (Å²) < 4.78 is 19.4. The molecule has 3 nitrogen and oxygen atoms in total. The van der Waals surface area contributed by atoms with E-state index < -0.39 is 5.79 Å². The molecule has 3 aliphatic heterocycles. The highest BCUT2D eigenvalue weighted by molar-refractivity contribution is 5.58. The van der Waals surface area contributed by atoms with Crippen molar-refractivity contribution in [2.45, 2.75) is 102 Å². The number of rotatable bonds is 12. The van der Waals surface area contributed by atoms with Crippen LogP contribution in [0.5, 0.6) is 0 Å². The second kappa shape index (κ2) is 6.67. The van der Waals surface area contributed by atoms with Crippen LogP contribution in [-0.2, 0) is 14.2 Å². The Morgan fingerprint density at radius 2 is 1.80 bits per heavy atom. The molecule has 0 spiro atoms. The molecule has 3 unspecified atom stereocenters. The van der Waals surface area contributed by atoms with Crippen molar-refractivity contribution in [3.8, 4) is 0 Å². The highest BCUT2D eigenvalue weighted by Gasteiger charge is 3.01. The van der Waals surface area contributed by atoms with Crippen LogP contribution in [-0.4, -0.2) is 24.3 Å². The summed E-state index contributed by atoms with van der Waals surface area (Å²) in [6.07, 6.45) is 25.6. The molecule has 0 bridgehead atoms. The Labute approximate surface area is 181 Å². The summed E-state index contributed by atoms with van der Waals surface area (Å²) >= 11 is 0. The summed E-state index contributed by atoms with van der Waals surface area (Å²) in [7, 11) is 0. The molecule has 3 aliphatic carbocycles. The van der Waals surface area contributed by atoms with Crippen LogP contribution in [0.3, 0.4) is 0 Å². The van der Waals surface area contributed by atoms with Crippen molar-refractivity contribution in [1.82, 2.24) is 0 Å². The SMILES string of the molecule is CCCCC=CC(C1=CCC1)(C1=CCCC1)C(C1=CC1)(C1CO1)C12OC1(CCC)O2. The molecule has 30 heavy (non-hydrogen) atoms. The summed E-state index contributed by atoms with van der Waals surface area (Å²) in [5, 5.41) is 0. The van der Waals surface area contributed by atoms with Gasteiger partial charge in [-0.2, -0.15) is 0 Å². The third-order valence-electron chi connectivity index (χ3n) is 8.44. The molecule has 3 saturated heterocycles. The van der Waals surface area contributed by atoms with Crippen molar-refractivity contribution in [3.63, 3.8) is 0 Å². The van der Waals surface area contributed by atoms with Crippen LogP contribution in [0, 0.1) is 10.8 Å². The first-order valence-corrected chi connectivity index (χ1v) is 12.5. The van der Waals surface area contributed by atoms with E-state index in [1.165, 1.54) is 50.5 Å². The van der Waals surface area contributed by atoms with E-state index in [0.717, 1.165) is 32.3 Å². The highest BCUT2D eigenvalue weighted by Crippen LogP contribution is 2.86. The summed E-state index contributed by atoms with van der Waals surface area (Å²) in [5.41, 5.74) is 4.37. The Bertz CT molecular complexity index is 851. The molecule has 0 radical (unpaired) electrons. The highest BCUT2D eigenvalue weighted by atomic mass is 17.0. The molecule has 0 saturated carbocycles. The van der Waals surface area contributed by atoms with Crippen molar-refractivity contribution in [2.75, 3.05) is 6.61 Å². The lowest BCUT2D eigenvalue weighted by molar-refractivity contribution is -0.157. The molecule has 0 amide bonds. The maximum Gasteiger partial charge on any atom is 0.243 e. The largest absolute Gasteiger partial charge is 0.372 e. The number of hydrogen-bond donors (Lipinski definition) is 0. The topological polar surface area (TPSA) is 37.6 Å². The smallest absolute Gasteiger partial charge is 0.243 e. The van der Waals surface area contributed by atoms with Crippen LogP contribution in [0.25, 0.3) is 0 Å². The lowest BCUT2D eigenvalue weighted by Gasteiger charge is -2.52. The van der Waals surface area contributed by atoms with Gasteiger partial charge in [0.1, 0.15) is 0 Å². The van der Waals surface area contributed by atoms with Gasteiger partial charge >= 0.3 is 0 Å².